The Morgan fingerprint density at radius 2 is 1.68 bits per heavy atom. The second kappa shape index (κ2) is 9.08. The summed E-state index contributed by atoms with van der Waals surface area (Å²) in [5.74, 6) is -1.04. The van der Waals surface area contributed by atoms with Crippen molar-refractivity contribution < 1.29 is 14.4 Å². The van der Waals surface area contributed by atoms with E-state index in [-0.39, 0.29) is 37.2 Å². The molecule has 0 aliphatic carbocycles. The Morgan fingerprint density at radius 3 is 2.39 bits per heavy atom. The van der Waals surface area contributed by atoms with E-state index in [9.17, 15) is 14.4 Å². The highest BCUT2D eigenvalue weighted by Gasteiger charge is 2.34. The van der Waals surface area contributed by atoms with E-state index >= 15 is 0 Å². The van der Waals surface area contributed by atoms with Gasteiger partial charge in [-0.05, 0) is 36.4 Å². The van der Waals surface area contributed by atoms with Crippen LogP contribution in [0.4, 0.5) is 5.69 Å². The Bertz CT molecular complexity index is 887. The van der Waals surface area contributed by atoms with Gasteiger partial charge in [-0.25, -0.2) is 0 Å². The van der Waals surface area contributed by atoms with Crippen LogP contribution in [-0.2, 0) is 9.59 Å². The van der Waals surface area contributed by atoms with E-state index in [1.165, 1.54) is 0 Å². The van der Waals surface area contributed by atoms with Crippen molar-refractivity contribution in [2.45, 2.75) is 6.42 Å². The molecule has 3 amide bonds. The first-order chi connectivity index (χ1) is 13.5. The van der Waals surface area contributed by atoms with Crippen molar-refractivity contribution in [2.75, 3.05) is 24.5 Å². The third kappa shape index (κ3) is 4.82. The molecule has 0 radical (unpaired) electrons. The van der Waals surface area contributed by atoms with Gasteiger partial charge in [0, 0.05) is 36.8 Å². The number of nitrogens with one attached hydrogen (secondary N) is 2. The summed E-state index contributed by atoms with van der Waals surface area (Å²) < 4.78 is 0. The first kappa shape index (κ1) is 20.2. The van der Waals surface area contributed by atoms with Crippen LogP contribution in [0.1, 0.15) is 16.8 Å². The van der Waals surface area contributed by atoms with Crippen molar-refractivity contribution in [1.29, 1.82) is 0 Å². The van der Waals surface area contributed by atoms with Crippen molar-refractivity contribution in [3.8, 4) is 0 Å². The molecule has 0 spiro atoms. The zero-order valence-electron chi connectivity index (χ0n) is 15.0. The maximum absolute atomic E-state index is 12.3. The molecule has 2 aromatic carbocycles. The van der Waals surface area contributed by atoms with Crippen LogP contribution in [0.2, 0.25) is 10.0 Å². The largest absolute Gasteiger partial charge is 0.354 e. The predicted molar refractivity (Wildman–Crippen MR) is 109 cm³/mol. The van der Waals surface area contributed by atoms with E-state index in [0.29, 0.717) is 22.2 Å². The fraction of sp³-hybridized carbons (Fsp3) is 0.250. The van der Waals surface area contributed by atoms with Crippen LogP contribution in [0, 0.1) is 5.92 Å². The lowest BCUT2D eigenvalue weighted by Crippen LogP contribution is -2.38. The predicted octanol–water partition coefficient (Wildman–Crippen LogP) is 2.89. The number of benzene rings is 2. The molecule has 1 aliphatic heterocycles. The molecular formula is C20H19Cl2N3O3. The van der Waals surface area contributed by atoms with Gasteiger partial charge in [-0.2, -0.15) is 0 Å². The molecule has 1 atom stereocenters. The Labute approximate surface area is 172 Å². The Morgan fingerprint density at radius 1 is 1.00 bits per heavy atom. The summed E-state index contributed by atoms with van der Waals surface area (Å²) in [5, 5.41) is 6.43. The molecule has 0 saturated carbocycles. The van der Waals surface area contributed by atoms with E-state index in [1.807, 2.05) is 0 Å². The second-order valence-corrected chi connectivity index (χ2v) is 7.25. The molecule has 1 unspecified atom stereocenters. The van der Waals surface area contributed by atoms with Gasteiger partial charge in [0.1, 0.15) is 0 Å². The number of carbonyl (C=O) groups is 3. The second-order valence-electron chi connectivity index (χ2n) is 6.41. The highest BCUT2D eigenvalue weighted by Crippen LogP contribution is 2.26. The van der Waals surface area contributed by atoms with Crippen molar-refractivity contribution in [2.24, 2.45) is 5.92 Å². The SMILES string of the molecule is O=C(NCCNC(=O)C1CC(=O)N(c2ccc(Cl)cc2)C1)c1ccccc1Cl. The van der Waals surface area contributed by atoms with Crippen molar-refractivity contribution in [1.82, 2.24) is 10.6 Å². The van der Waals surface area contributed by atoms with Crippen LogP contribution in [0.25, 0.3) is 0 Å². The summed E-state index contributed by atoms with van der Waals surface area (Å²) >= 11 is 11.9. The molecule has 1 fully saturated rings. The lowest BCUT2D eigenvalue weighted by Gasteiger charge is -2.16. The molecular weight excluding hydrogens is 401 g/mol. The minimum Gasteiger partial charge on any atom is -0.354 e. The lowest BCUT2D eigenvalue weighted by molar-refractivity contribution is -0.126. The summed E-state index contributed by atoms with van der Waals surface area (Å²) in [5.41, 5.74) is 1.10. The number of anilines is 1. The van der Waals surface area contributed by atoms with E-state index < -0.39 is 5.92 Å². The van der Waals surface area contributed by atoms with E-state index in [0.717, 1.165) is 5.69 Å². The van der Waals surface area contributed by atoms with Gasteiger partial charge in [-0.1, -0.05) is 35.3 Å². The Kier molecular flexibility index (Phi) is 6.54. The molecule has 1 heterocycles. The van der Waals surface area contributed by atoms with Crippen LogP contribution in [0.5, 0.6) is 0 Å². The number of halogens is 2. The van der Waals surface area contributed by atoms with E-state index in [4.69, 9.17) is 23.2 Å². The van der Waals surface area contributed by atoms with Gasteiger partial charge >= 0.3 is 0 Å². The van der Waals surface area contributed by atoms with Crippen LogP contribution in [-0.4, -0.2) is 37.4 Å². The molecule has 2 N–H and O–H groups in total. The summed E-state index contributed by atoms with van der Waals surface area (Å²) in [7, 11) is 0. The highest BCUT2D eigenvalue weighted by atomic mass is 35.5. The van der Waals surface area contributed by atoms with Gasteiger partial charge in [0.2, 0.25) is 11.8 Å². The number of hydrogen-bond donors (Lipinski definition) is 2. The summed E-state index contributed by atoms with van der Waals surface area (Å²) in [4.78, 5) is 38.2. The fourth-order valence-corrected chi connectivity index (χ4v) is 3.35. The van der Waals surface area contributed by atoms with Crippen molar-refractivity contribution >= 4 is 46.6 Å². The summed E-state index contributed by atoms with van der Waals surface area (Å²) in [6, 6.07) is 13.7. The molecule has 2 aromatic rings. The van der Waals surface area contributed by atoms with Crippen LogP contribution >= 0.6 is 23.2 Å². The number of nitrogens with zero attached hydrogens (tertiary/aromatic N) is 1. The molecule has 1 saturated heterocycles. The maximum Gasteiger partial charge on any atom is 0.252 e. The third-order valence-corrected chi connectivity index (χ3v) is 5.04. The molecule has 28 heavy (non-hydrogen) atoms. The Hall–Kier alpha value is -2.57. The minimum absolute atomic E-state index is 0.102. The van der Waals surface area contributed by atoms with Crippen LogP contribution in [0.3, 0.4) is 0 Å². The Balaban J connectivity index is 1.45. The van der Waals surface area contributed by atoms with Gasteiger partial charge < -0.3 is 15.5 Å². The molecule has 3 rings (SSSR count). The quantitative estimate of drug-likeness (QED) is 0.706. The molecule has 1 aliphatic rings. The molecule has 0 bridgehead atoms. The smallest absolute Gasteiger partial charge is 0.252 e. The minimum atomic E-state index is -0.428. The van der Waals surface area contributed by atoms with Gasteiger partial charge in [0.25, 0.3) is 5.91 Å². The van der Waals surface area contributed by atoms with Crippen molar-refractivity contribution in [3.63, 3.8) is 0 Å². The maximum atomic E-state index is 12.3. The third-order valence-electron chi connectivity index (χ3n) is 4.46. The lowest BCUT2D eigenvalue weighted by atomic mass is 10.1. The van der Waals surface area contributed by atoms with Gasteiger partial charge in [0.15, 0.2) is 0 Å². The van der Waals surface area contributed by atoms with E-state index in [2.05, 4.69) is 10.6 Å². The first-order valence-electron chi connectivity index (χ1n) is 8.82. The van der Waals surface area contributed by atoms with E-state index in [1.54, 1.807) is 53.4 Å². The number of rotatable bonds is 6. The average Bonchev–Trinajstić information content (AvgIpc) is 3.07. The molecule has 0 aromatic heterocycles. The zero-order valence-corrected chi connectivity index (χ0v) is 16.5. The standard InChI is InChI=1S/C20H19Cl2N3O3/c21-14-5-7-15(8-6-14)25-12-13(11-18(25)26)19(27)23-9-10-24-20(28)16-3-1-2-4-17(16)22/h1-8,13H,9-12H2,(H,23,27)(H,24,28). The van der Waals surface area contributed by atoms with Gasteiger partial charge in [-0.15, -0.1) is 0 Å². The molecule has 146 valence electrons. The monoisotopic (exact) mass is 419 g/mol. The molecule has 6 nitrogen and oxygen atoms in total. The number of hydrogen-bond acceptors (Lipinski definition) is 3. The normalized spacial score (nSPS) is 16.1. The highest BCUT2D eigenvalue weighted by molar-refractivity contribution is 6.33. The fourth-order valence-electron chi connectivity index (χ4n) is 3.00. The topological polar surface area (TPSA) is 78.5 Å². The van der Waals surface area contributed by atoms with Gasteiger partial charge in [-0.3, -0.25) is 14.4 Å². The number of amides is 3. The van der Waals surface area contributed by atoms with Crippen molar-refractivity contribution in [3.05, 3.63) is 64.1 Å². The summed E-state index contributed by atoms with van der Waals surface area (Å²) in [6.07, 6.45) is 0.153. The molecule has 8 heteroatoms. The summed E-state index contributed by atoms with van der Waals surface area (Å²) in [6.45, 7) is 0.844. The number of carbonyl (C=O) groups excluding carboxylic acids is 3. The van der Waals surface area contributed by atoms with Gasteiger partial charge in [0.05, 0.1) is 16.5 Å². The van der Waals surface area contributed by atoms with Crippen LogP contribution in [0.15, 0.2) is 48.5 Å². The van der Waals surface area contributed by atoms with Crippen LogP contribution < -0.4 is 15.5 Å². The first-order valence-corrected chi connectivity index (χ1v) is 9.57. The average molecular weight is 420 g/mol. The zero-order chi connectivity index (χ0) is 20.1.